The monoisotopic (exact) mass is 565 g/mol. The molecule has 0 aliphatic carbocycles. The Hall–Kier alpha value is -2.55. The maximum atomic E-state index is 12.8. The van der Waals surface area contributed by atoms with Gasteiger partial charge in [-0.15, -0.1) is 0 Å². The summed E-state index contributed by atoms with van der Waals surface area (Å²) in [6, 6.07) is 16.6. The van der Waals surface area contributed by atoms with Crippen LogP contribution in [0.5, 0.6) is 0 Å². The summed E-state index contributed by atoms with van der Waals surface area (Å²) in [5.41, 5.74) is 3.44. The molecule has 2 aliphatic rings. The molecule has 0 spiro atoms. The van der Waals surface area contributed by atoms with Crippen LogP contribution in [0.1, 0.15) is 55.5 Å². The summed E-state index contributed by atoms with van der Waals surface area (Å²) < 4.78 is 6.49. The smallest absolute Gasteiger partial charge is 0.241 e. The van der Waals surface area contributed by atoms with Gasteiger partial charge >= 0.3 is 0 Å². The Morgan fingerprint density at radius 1 is 0.865 bits per heavy atom. The first-order chi connectivity index (χ1) is 18.1. The van der Waals surface area contributed by atoms with Crippen LogP contribution in [0.3, 0.4) is 0 Å². The average Bonchev–Trinajstić information content (AvgIpc) is 3.23. The van der Waals surface area contributed by atoms with Gasteiger partial charge in [-0.3, -0.25) is 14.6 Å². The Morgan fingerprint density at radius 2 is 1.51 bits per heavy atom. The number of amides is 1. The van der Waals surface area contributed by atoms with E-state index in [9.17, 15) is 4.79 Å². The number of nitrogens with one attached hydrogen (secondary N) is 1. The van der Waals surface area contributed by atoms with Crippen LogP contribution < -0.4 is 5.32 Å². The van der Waals surface area contributed by atoms with Crippen molar-refractivity contribution in [1.82, 2.24) is 25.3 Å². The summed E-state index contributed by atoms with van der Waals surface area (Å²) >= 11 is 3.44. The van der Waals surface area contributed by atoms with Gasteiger partial charge in [0.15, 0.2) is 0 Å². The fraction of sp³-hybridized carbons (Fsp3) is 0.483. The van der Waals surface area contributed by atoms with Crippen molar-refractivity contribution in [3.8, 4) is 11.4 Å². The number of piperidine rings is 1. The van der Waals surface area contributed by atoms with Gasteiger partial charge in [0.25, 0.3) is 0 Å². The van der Waals surface area contributed by atoms with Gasteiger partial charge in [-0.25, -0.2) is 0 Å². The van der Waals surface area contributed by atoms with Crippen molar-refractivity contribution in [1.29, 1.82) is 0 Å². The number of aromatic nitrogens is 2. The second-order valence-electron chi connectivity index (χ2n) is 10.3. The lowest BCUT2D eigenvalue weighted by molar-refractivity contribution is -0.126. The van der Waals surface area contributed by atoms with Crippen molar-refractivity contribution in [3.05, 3.63) is 70.0 Å². The number of carbonyl (C=O) groups is 1. The van der Waals surface area contributed by atoms with Gasteiger partial charge in [0.2, 0.25) is 17.6 Å². The lowest BCUT2D eigenvalue weighted by Crippen LogP contribution is -2.40. The fourth-order valence-electron chi connectivity index (χ4n) is 5.23. The molecular formula is C29H36BrN5O2. The van der Waals surface area contributed by atoms with Gasteiger partial charge in [-0.1, -0.05) is 58.2 Å². The molecule has 1 N–H and O–H groups in total. The summed E-state index contributed by atoms with van der Waals surface area (Å²) in [4.78, 5) is 22.2. The van der Waals surface area contributed by atoms with E-state index in [0.29, 0.717) is 24.8 Å². The Labute approximate surface area is 227 Å². The fourth-order valence-corrected chi connectivity index (χ4v) is 5.49. The zero-order valence-electron chi connectivity index (χ0n) is 21.4. The Kier molecular flexibility index (Phi) is 9.02. The van der Waals surface area contributed by atoms with E-state index in [0.717, 1.165) is 48.1 Å². The molecule has 3 aromatic rings. The summed E-state index contributed by atoms with van der Waals surface area (Å²) in [6.45, 7) is 6.33. The average molecular weight is 567 g/mol. The molecule has 0 atom stereocenters. The molecule has 0 bridgehead atoms. The Morgan fingerprint density at radius 3 is 2.22 bits per heavy atom. The van der Waals surface area contributed by atoms with Crippen LogP contribution in [-0.4, -0.2) is 52.0 Å². The standard InChI is InChI=1S/C29H36BrN5O2/c30-26-11-9-24(10-12-26)28-32-27(37-33-28)21-35-17-13-25(14-18-35)29(36)31-19-22-5-7-23(8-6-22)20-34-15-3-1-2-4-16-34/h5-12,25H,1-4,13-21H2,(H,31,36). The highest BCUT2D eigenvalue weighted by Gasteiger charge is 2.26. The first-order valence-electron chi connectivity index (χ1n) is 13.5. The highest BCUT2D eigenvalue weighted by Crippen LogP contribution is 2.22. The zero-order chi connectivity index (χ0) is 25.5. The molecule has 196 valence electrons. The van der Waals surface area contributed by atoms with Gasteiger partial charge < -0.3 is 9.84 Å². The number of hydrogen-bond acceptors (Lipinski definition) is 6. The third-order valence-electron chi connectivity index (χ3n) is 7.48. The van der Waals surface area contributed by atoms with E-state index in [4.69, 9.17) is 4.52 Å². The van der Waals surface area contributed by atoms with Crippen molar-refractivity contribution < 1.29 is 9.32 Å². The van der Waals surface area contributed by atoms with Crippen LogP contribution in [-0.2, 0) is 24.4 Å². The third-order valence-corrected chi connectivity index (χ3v) is 8.01. The zero-order valence-corrected chi connectivity index (χ0v) is 23.0. The van der Waals surface area contributed by atoms with E-state index < -0.39 is 0 Å². The minimum atomic E-state index is 0.0552. The highest BCUT2D eigenvalue weighted by molar-refractivity contribution is 9.10. The number of hydrogen-bond donors (Lipinski definition) is 1. The molecule has 8 heteroatoms. The number of nitrogens with zero attached hydrogens (tertiary/aromatic N) is 4. The molecule has 7 nitrogen and oxygen atoms in total. The second kappa shape index (κ2) is 12.8. The number of halogens is 1. The van der Waals surface area contributed by atoms with E-state index in [1.54, 1.807) is 0 Å². The molecule has 1 amide bonds. The van der Waals surface area contributed by atoms with Gasteiger partial charge in [0.05, 0.1) is 6.54 Å². The molecule has 3 heterocycles. The van der Waals surface area contributed by atoms with Crippen LogP contribution in [0.25, 0.3) is 11.4 Å². The highest BCUT2D eigenvalue weighted by atomic mass is 79.9. The SMILES string of the molecule is O=C(NCc1ccc(CN2CCCCCC2)cc1)C1CCN(Cc2nc(-c3ccc(Br)cc3)no2)CC1. The third kappa shape index (κ3) is 7.49. The van der Waals surface area contributed by atoms with Crippen molar-refractivity contribution in [2.45, 2.75) is 58.2 Å². The molecule has 2 aromatic carbocycles. The van der Waals surface area contributed by atoms with Gasteiger partial charge in [-0.2, -0.15) is 4.98 Å². The topological polar surface area (TPSA) is 74.5 Å². The summed E-state index contributed by atoms with van der Waals surface area (Å²) in [6.07, 6.45) is 7.03. The number of rotatable bonds is 8. The van der Waals surface area contributed by atoms with Crippen LogP contribution in [0.2, 0.25) is 0 Å². The minimum Gasteiger partial charge on any atom is -0.352 e. The quantitative estimate of drug-likeness (QED) is 0.394. The molecule has 2 saturated heterocycles. The van der Waals surface area contributed by atoms with E-state index in [-0.39, 0.29) is 11.8 Å². The van der Waals surface area contributed by atoms with Crippen molar-refractivity contribution in [2.75, 3.05) is 26.2 Å². The molecule has 1 aromatic heterocycles. The van der Waals surface area contributed by atoms with Crippen molar-refractivity contribution in [3.63, 3.8) is 0 Å². The first-order valence-corrected chi connectivity index (χ1v) is 14.3. The molecule has 2 aliphatic heterocycles. The molecule has 0 radical (unpaired) electrons. The van der Waals surface area contributed by atoms with Crippen LogP contribution >= 0.6 is 15.9 Å². The summed E-state index contributed by atoms with van der Waals surface area (Å²) in [5, 5.41) is 7.28. The van der Waals surface area contributed by atoms with Crippen LogP contribution in [0, 0.1) is 5.92 Å². The second-order valence-corrected chi connectivity index (χ2v) is 11.2. The first kappa shape index (κ1) is 26.1. The van der Waals surface area contributed by atoms with Crippen molar-refractivity contribution in [2.24, 2.45) is 5.92 Å². The van der Waals surface area contributed by atoms with E-state index in [1.165, 1.54) is 44.3 Å². The van der Waals surface area contributed by atoms with Crippen LogP contribution in [0.4, 0.5) is 0 Å². The number of likely N-dealkylation sites (tertiary alicyclic amines) is 2. The maximum absolute atomic E-state index is 12.8. The molecule has 2 fully saturated rings. The maximum Gasteiger partial charge on any atom is 0.241 e. The Balaban J connectivity index is 1.03. The van der Waals surface area contributed by atoms with Gasteiger partial charge in [0, 0.05) is 29.0 Å². The van der Waals surface area contributed by atoms with E-state index in [1.807, 2.05) is 24.3 Å². The van der Waals surface area contributed by atoms with E-state index >= 15 is 0 Å². The lowest BCUT2D eigenvalue weighted by Gasteiger charge is -2.30. The minimum absolute atomic E-state index is 0.0552. The predicted octanol–water partition coefficient (Wildman–Crippen LogP) is 5.40. The van der Waals surface area contributed by atoms with Crippen molar-refractivity contribution >= 4 is 21.8 Å². The molecular weight excluding hydrogens is 530 g/mol. The van der Waals surface area contributed by atoms with Gasteiger partial charge in [-0.05, 0) is 87.3 Å². The molecule has 37 heavy (non-hydrogen) atoms. The normalized spacial score (nSPS) is 18.0. The molecule has 5 rings (SSSR count). The summed E-state index contributed by atoms with van der Waals surface area (Å²) in [7, 11) is 0. The summed E-state index contributed by atoms with van der Waals surface area (Å²) in [5.74, 6) is 1.43. The van der Waals surface area contributed by atoms with Gasteiger partial charge in [0.1, 0.15) is 0 Å². The van der Waals surface area contributed by atoms with Crippen LogP contribution in [0.15, 0.2) is 57.5 Å². The predicted molar refractivity (Wildman–Crippen MR) is 147 cm³/mol. The Bertz CT molecular complexity index is 1130. The lowest BCUT2D eigenvalue weighted by atomic mass is 9.96. The molecule has 0 unspecified atom stereocenters. The largest absolute Gasteiger partial charge is 0.352 e. The molecule has 0 saturated carbocycles. The van der Waals surface area contributed by atoms with E-state index in [2.05, 4.69) is 65.5 Å². The number of carbonyl (C=O) groups excluding carboxylic acids is 1. The number of benzene rings is 2.